The van der Waals surface area contributed by atoms with Crippen molar-refractivity contribution in [2.45, 2.75) is 11.8 Å². The van der Waals surface area contributed by atoms with Crippen LogP contribution >= 0.6 is 15.9 Å². The second-order valence-electron chi connectivity index (χ2n) is 3.82. The first-order chi connectivity index (χ1) is 8.66. The maximum Gasteiger partial charge on any atom is 0.182 e. The predicted molar refractivity (Wildman–Crippen MR) is 79.3 cm³/mol. The first kappa shape index (κ1) is 13.3. The average Bonchev–Trinajstić information content (AvgIpc) is 2.38. The largest absolute Gasteiger partial charge is 0.586 e. The molecule has 0 aliphatic carbocycles. The van der Waals surface area contributed by atoms with E-state index in [2.05, 4.69) is 20.3 Å². The van der Waals surface area contributed by atoms with Gasteiger partial charge in [0.25, 0.3) is 0 Å². The maximum absolute atomic E-state index is 11.9. The van der Waals surface area contributed by atoms with Gasteiger partial charge in [0.05, 0.1) is 6.21 Å². The number of nitrogens with zero attached hydrogens (tertiary/aromatic N) is 1. The lowest BCUT2D eigenvalue weighted by molar-refractivity contribution is 0.597. The van der Waals surface area contributed by atoms with Gasteiger partial charge in [-0.25, -0.2) is 0 Å². The van der Waals surface area contributed by atoms with Gasteiger partial charge in [-0.2, -0.15) is 0 Å². The number of rotatable bonds is 3. The van der Waals surface area contributed by atoms with Crippen molar-refractivity contribution in [3.8, 4) is 0 Å². The Morgan fingerprint density at radius 3 is 2.44 bits per heavy atom. The molecular formula is C14H12BrNOS. The van der Waals surface area contributed by atoms with Crippen molar-refractivity contribution in [1.29, 1.82) is 0 Å². The van der Waals surface area contributed by atoms with Crippen LogP contribution in [0.15, 0.2) is 62.3 Å². The highest BCUT2D eigenvalue weighted by atomic mass is 79.9. The Hall–Kier alpha value is -1.10. The molecule has 0 aliphatic rings. The van der Waals surface area contributed by atoms with Crippen LogP contribution in [0.1, 0.15) is 11.1 Å². The molecule has 0 spiro atoms. The van der Waals surface area contributed by atoms with Crippen LogP contribution < -0.4 is 0 Å². The van der Waals surface area contributed by atoms with Crippen molar-refractivity contribution in [1.82, 2.24) is 0 Å². The van der Waals surface area contributed by atoms with Gasteiger partial charge >= 0.3 is 0 Å². The molecule has 0 saturated heterocycles. The summed E-state index contributed by atoms with van der Waals surface area (Å²) >= 11 is 2.07. The molecule has 0 aromatic heterocycles. The van der Waals surface area contributed by atoms with Crippen molar-refractivity contribution in [2.75, 3.05) is 0 Å². The minimum Gasteiger partial charge on any atom is -0.586 e. The Morgan fingerprint density at radius 2 is 1.78 bits per heavy atom. The summed E-state index contributed by atoms with van der Waals surface area (Å²) in [5, 5.41) is 0. The molecule has 0 unspecified atom stereocenters. The number of benzene rings is 2. The smallest absolute Gasteiger partial charge is 0.182 e. The molecular weight excluding hydrogens is 310 g/mol. The molecule has 0 N–H and O–H groups in total. The van der Waals surface area contributed by atoms with Gasteiger partial charge in [-0.15, -0.1) is 0 Å². The average molecular weight is 322 g/mol. The SMILES string of the molecule is Cc1ccc([S@+]([O-])N=Cc2ccccc2Br)cc1. The van der Waals surface area contributed by atoms with Crippen LogP contribution in [-0.4, -0.2) is 10.8 Å². The summed E-state index contributed by atoms with van der Waals surface area (Å²) in [5.41, 5.74) is 2.06. The minimum absolute atomic E-state index is 0.712. The fourth-order valence-corrected chi connectivity index (χ4v) is 2.49. The number of halogens is 1. The molecule has 0 bridgehead atoms. The van der Waals surface area contributed by atoms with Gasteiger partial charge in [0.2, 0.25) is 0 Å². The Kier molecular flexibility index (Phi) is 4.58. The van der Waals surface area contributed by atoms with Crippen LogP contribution in [0.3, 0.4) is 0 Å². The van der Waals surface area contributed by atoms with Crippen molar-refractivity contribution < 1.29 is 4.55 Å². The maximum atomic E-state index is 11.9. The fraction of sp³-hybridized carbons (Fsp3) is 0.0714. The van der Waals surface area contributed by atoms with Crippen molar-refractivity contribution in [3.63, 3.8) is 0 Å². The summed E-state index contributed by atoms with van der Waals surface area (Å²) in [5.74, 6) is 0. The molecule has 2 aromatic carbocycles. The molecule has 0 aliphatic heterocycles. The minimum atomic E-state index is -1.35. The summed E-state index contributed by atoms with van der Waals surface area (Å²) in [6, 6.07) is 15.2. The molecule has 0 fully saturated rings. The first-order valence-corrected chi connectivity index (χ1v) is 7.34. The van der Waals surface area contributed by atoms with Crippen molar-refractivity contribution in [2.24, 2.45) is 4.40 Å². The summed E-state index contributed by atoms with van der Waals surface area (Å²) in [4.78, 5) is 0.712. The monoisotopic (exact) mass is 321 g/mol. The fourth-order valence-electron chi connectivity index (χ4n) is 1.40. The van der Waals surface area contributed by atoms with Gasteiger partial charge in [0.1, 0.15) is 11.4 Å². The van der Waals surface area contributed by atoms with Crippen LogP contribution in [0.2, 0.25) is 0 Å². The van der Waals surface area contributed by atoms with Gasteiger partial charge in [0.15, 0.2) is 4.90 Å². The molecule has 0 radical (unpaired) electrons. The summed E-state index contributed by atoms with van der Waals surface area (Å²) in [7, 11) is 0. The highest BCUT2D eigenvalue weighted by Crippen LogP contribution is 2.16. The lowest BCUT2D eigenvalue weighted by Crippen LogP contribution is -1.98. The molecule has 2 rings (SSSR count). The Bertz CT molecular complexity index is 554. The van der Waals surface area contributed by atoms with E-state index in [-0.39, 0.29) is 0 Å². The standard InChI is InChI=1S/C14H12BrNOS/c1-11-6-8-13(9-7-11)18(17)16-10-12-4-2-3-5-14(12)15/h2-10H,1H3/t18-/m0/s1. The van der Waals surface area contributed by atoms with Crippen LogP contribution in [0.5, 0.6) is 0 Å². The first-order valence-electron chi connectivity index (χ1n) is 5.44. The Labute approximate surface area is 118 Å². The van der Waals surface area contributed by atoms with Gasteiger partial charge in [-0.3, -0.25) is 0 Å². The number of hydrogen-bond acceptors (Lipinski definition) is 2. The predicted octanol–water partition coefficient (Wildman–Crippen LogP) is 3.90. The molecule has 1 atom stereocenters. The van der Waals surface area contributed by atoms with E-state index in [0.717, 1.165) is 15.6 Å². The summed E-state index contributed by atoms with van der Waals surface area (Å²) in [6.45, 7) is 2.00. The van der Waals surface area contributed by atoms with E-state index in [4.69, 9.17) is 0 Å². The number of hydrogen-bond donors (Lipinski definition) is 0. The lowest BCUT2D eigenvalue weighted by Gasteiger charge is -2.03. The molecule has 18 heavy (non-hydrogen) atoms. The van der Waals surface area contributed by atoms with E-state index in [9.17, 15) is 4.55 Å². The van der Waals surface area contributed by atoms with Crippen LogP contribution in [0.25, 0.3) is 0 Å². The summed E-state index contributed by atoms with van der Waals surface area (Å²) in [6.07, 6.45) is 1.63. The zero-order valence-corrected chi connectivity index (χ0v) is 12.2. The molecule has 0 amide bonds. The molecule has 0 saturated carbocycles. The van der Waals surface area contributed by atoms with Gasteiger partial charge in [0, 0.05) is 10.0 Å². The zero-order valence-electron chi connectivity index (χ0n) is 9.84. The van der Waals surface area contributed by atoms with E-state index >= 15 is 0 Å². The van der Waals surface area contributed by atoms with Gasteiger partial charge in [-0.1, -0.05) is 56.2 Å². The third-order valence-electron chi connectivity index (χ3n) is 2.42. The van der Waals surface area contributed by atoms with Crippen molar-refractivity contribution in [3.05, 3.63) is 64.1 Å². The second kappa shape index (κ2) is 6.18. The van der Waals surface area contributed by atoms with Crippen LogP contribution in [0.4, 0.5) is 0 Å². The number of aryl methyl sites for hydroxylation is 1. The van der Waals surface area contributed by atoms with Gasteiger partial charge < -0.3 is 4.55 Å². The van der Waals surface area contributed by atoms with Crippen LogP contribution in [-0.2, 0) is 11.4 Å². The normalized spacial score (nSPS) is 12.8. The summed E-state index contributed by atoms with van der Waals surface area (Å²) < 4.78 is 17.0. The van der Waals surface area contributed by atoms with Crippen molar-refractivity contribution >= 4 is 33.5 Å². The second-order valence-corrected chi connectivity index (χ2v) is 5.85. The van der Waals surface area contributed by atoms with E-state index < -0.39 is 11.4 Å². The van der Waals surface area contributed by atoms with E-state index in [1.807, 2.05) is 55.5 Å². The highest BCUT2D eigenvalue weighted by molar-refractivity contribution is 9.10. The topological polar surface area (TPSA) is 35.4 Å². The highest BCUT2D eigenvalue weighted by Gasteiger charge is 2.08. The van der Waals surface area contributed by atoms with Crippen LogP contribution in [0, 0.1) is 6.92 Å². The third-order valence-corrected chi connectivity index (χ3v) is 4.11. The Balaban J connectivity index is 2.14. The molecule has 2 aromatic rings. The molecule has 92 valence electrons. The molecule has 0 heterocycles. The van der Waals surface area contributed by atoms with E-state index in [0.29, 0.717) is 4.90 Å². The van der Waals surface area contributed by atoms with E-state index in [1.165, 1.54) is 0 Å². The zero-order chi connectivity index (χ0) is 13.0. The Morgan fingerprint density at radius 1 is 1.11 bits per heavy atom. The lowest BCUT2D eigenvalue weighted by atomic mass is 10.2. The van der Waals surface area contributed by atoms with Gasteiger partial charge in [-0.05, 0) is 25.1 Å². The van der Waals surface area contributed by atoms with E-state index in [1.54, 1.807) is 6.21 Å². The third kappa shape index (κ3) is 3.45. The quantitative estimate of drug-likeness (QED) is 0.623. The molecule has 4 heteroatoms. The molecule has 2 nitrogen and oxygen atoms in total.